The highest BCUT2D eigenvalue weighted by atomic mass is 32.1. The SMILES string of the molecule is O=C(c1cccs1)N1CC(CO)C2(CCNCC2)C1. The number of rotatable bonds is 2. The second-order valence-corrected chi connectivity index (χ2v) is 6.60. The Morgan fingerprint density at radius 2 is 2.32 bits per heavy atom. The predicted octanol–water partition coefficient (Wildman–Crippen LogP) is 1.18. The lowest BCUT2D eigenvalue weighted by molar-refractivity contribution is 0.0760. The number of aliphatic hydroxyl groups is 1. The van der Waals surface area contributed by atoms with Crippen molar-refractivity contribution in [3.05, 3.63) is 22.4 Å². The van der Waals surface area contributed by atoms with Gasteiger partial charge in [0.25, 0.3) is 5.91 Å². The summed E-state index contributed by atoms with van der Waals surface area (Å²) in [7, 11) is 0. The van der Waals surface area contributed by atoms with Gasteiger partial charge in [-0.15, -0.1) is 11.3 Å². The molecule has 1 atom stereocenters. The molecule has 1 spiro atoms. The van der Waals surface area contributed by atoms with Crippen LogP contribution >= 0.6 is 11.3 Å². The molecule has 1 unspecified atom stereocenters. The summed E-state index contributed by atoms with van der Waals surface area (Å²) in [5.41, 5.74) is 0.132. The maximum atomic E-state index is 12.4. The lowest BCUT2D eigenvalue weighted by Gasteiger charge is -2.37. The van der Waals surface area contributed by atoms with E-state index in [1.165, 1.54) is 11.3 Å². The van der Waals surface area contributed by atoms with Crippen molar-refractivity contribution in [3.8, 4) is 0 Å². The molecule has 0 bridgehead atoms. The largest absolute Gasteiger partial charge is 0.396 e. The van der Waals surface area contributed by atoms with Crippen LogP contribution in [0.25, 0.3) is 0 Å². The molecule has 104 valence electrons. The summed E-state index contributed by atoms with van der Waals surface area (Å²) in [6.45, 7) is 3.69. The minimum atomic E-state index is 0.129. The molecule has 0 aliphatic carbocycles. The molecule has 2 saturated heterocycles. The second kappa shape index (κ2) is 5.23. The minimum absolute atomic E-state index is 0.129. The van der Waals surface area contributed by atoms with Gasteiger partial charge in [0, 0.05) is 25.6 Å². The van der Waals surface area contributed by atoms with E-state index >= 15 is 0 Å². The van der Waals surface area contributed by atoms with Gasteiger partial charge in [0.2, 0.25) is 0 Å². The van der Waals surface area contributed by atoms with Gasteiger partial charge in [0.15, 0.2) is 0 Å². The first-order valence-corrected chi connectivity index (χ1v) is 7.77. The van der Waals surface area contributed by atoms with Crippen molar-refractivity contribution in [2.45, 2.75) is 12.8 Å². The number of carbonyl (C=O) groups excluding carboxylic acids is 1. The standard InChI is InChI=1S/C14H20N2O2S/c17-9-11-8-16(13(18)12-2-1-7-19-12)10-14(11)3-5-15-6-4-14/h1-2,7,11,15,17H,3-6,8-10H2. The molecule has 1 aromatic rings. The lowest BCUT2D eigenvalue weighted by Crippen LogP contribution is -2.43. The zero-order chi connectivity index (χ0) is 13.3. The highest BCUT2D eigenvalue weighted by Gasteiger charge is 2.47. The normalized spacial score (nSPS) is 25.9. The van der Waals surface area contributed by atoms with Crippen LogP contribution in [0, 0.1) is 11.3 Å². The highest BCUT2D eigenvalue weighted by Crippen LogP contribution is 2.43. The zero-order valence-corrected chi connectivity index (χ0v) is 11.8. The summed E-state index contributed by atoms with van der Waals surface area (Å²) in [6.07, 6.45) is 2.12. The summed E-state index contributed by atoms with van der Waals surface area (Å²) < 4.78 is 0. The monoisotopic (exact) mass is 280 g/mol. The molecule has 1 amide bonds. The van der Waals surface area contributed by atoms with Crippen LogP contribution in [0.1, 0.15) is 22.5 Å². The molecule has 0 radical (unpaired) electrons. The first kappa shape index (κ1) is 13.1. The van der Waals surface area contributed by atoms with Gasteiger partial charge in [0.05, 0.1) is 4.88 Å². The fourth-order valence-corrected chi connectivity index (χ4v) is 4.18. The summed E-state index contributed by atoms with van der Waals surface area (Å²) in [6, 6.07) is 3.80. The Balaban J connectivity index is 1.77. The summed E-state index contributed by atoms with van der Waals surface area (Å²) >= 11 is 1.50. The first-order chi connectivity index (χ1) is 9.25. The van der Waals surface area contributed by atoms with Gasteiger partial charge < -0.3 is 15.3 Å². The van der Waals surface area contributed by atoms with Gasteiger partial charge in [-0.2, -0.15) is 0 Å². The van der Waals surface area contributed by atoms with Crippen LogP contribution in [0.3, 0.4) is 0 Å². The summed E-state index contributed by atoms with van der Waals surface area (Å²) in [4.78, 5) is 15.2. The number of piperidine rings is 1. The summed E-state index contributed by atoms with van der Waals surface area (Å²) in [5.74, 6) is 0.363. The van der Waals surface area contributed by atoms with E-state index < -0.39 is 0 Å². The molecular weight excluding hydrogens is 260 g/mol. The average molecular weight is 280 g/mol. The number of hydrogen-bond donors (Lipinski definition) is 2. The van der Waals surface area contributed by atoms with Gasteiger partial charge >= 0.3 is 0 Å². The molecule has 3 heterocycles. The van der Waals surface area contributed by atoms with Gasteiger partial charge in [0.1, 0.15) is 0 Å². The van der Waals surface area contributed by atoms with E-state index in [1.54, 1.807) is 0 Å². The molecule has 5 heteroatoms. The van der Waals surface area contributed by atoms with Crippen LogP contribution in [0.4, 0.5) is 0 Å². The number of amides is 1. The van der Waals surface area contributed by atoms with Crippen LogP contribution in [0.2, 0.25) is 0 Å². The number of aliphatic hydroxyl groups excluding tert-OH is 1. The number of likely N-dealkylation sites (tertiary alicyclic amines) is 1. The molecule has 1 aromatic heterocycles. The Kier molecular flexibility index (Phi) is 3.60. The Hall–Kier alpha value is -0.910. The van der Waals surface area contributed by atoms with Crippen LogP contribution in [0.15, 0.2) is 17.5 Å². The van der Waals surface area contributed by atoms with Crippen molar-refractivity contribution >= 4 is 17.2 Å². The topological polar surface area (TPSA) is 52.6 Å². The predicted molar refractivity (Wildman–Crippen MR) is 75.3 cm³/mol. The van der Waals surface area contributed by atoms with E-state index in [2.05, 4.69) is 5.32 Å². The number of nitrogens with zero attached hydrogens (tertiary/aromatic N) is 1. The number of hydrogen-bond acceptors (Lipinski definition) is 4. The van der Waals surface area contributed by atoms with Crippen LogP contribution < -0.4 is 5.32 Å². The van der Waals surface area contributed by atoms with Gasteiger partial charge in [-0.25, -0.2) is 0 Å². The quantitative estimate of drug-likeness (QED) is 0.855. The molecule has 0 aromatic carbocycles. The van der Waals surface area contributed by atoms with Gasteiger partial charge in [-0.05, 0) is 42.8 Å². The molecule has 2 N–H and O–H groups in total. The third kappa shape index (κ3) is 2.30. The summed E-state index contributed by atoms with van der Waals surface area (Å²) in [5, 5.41) is 15.0. The van der Waals surface area contributed by atoms with E-state index in [0.717, 1.165) is 37.4 Å². The van der Waals surface area contributed by atoms with Crippen molar-refractivity contribution < 1.29 is 9.90 Å². The van der Waals surface area contributed by atoms with Crippen molar-refractivity contribution in [3.63, 3.8) is 0 Å². The third-order valence-electron chi connectivity index (χ3n) is 4.65. The molecule has 0 saturated carbocycles. The van der Waals surface area contributed by atoms with Gasteiger partial charge in [-0.3, -0.25) is 4.79 Å². The Bertz CT molecular complexity index is 440. The average Bonchev–Trinajstić information content (AvgIpc) is 3.07. The maximum absolute atomic E-state index is 12.4. The minimum Gasteiger partial charge on any atom is -0.396 e. The van der Waals surface area contributed by atoms with E-state index in [1.807, 2.05) is 22.4 Å². The fourth-order valence-electron chi connectivity index (χ4n) is 3.49. The fraction of sp³-hybridized carbons (Fsp3) is 0.643. The van der Waals surface area contributed by atoms with Gasteiger partial charge in [-0.1, -0.05) is 6.07 Å². The highest BCUT2D eigenvalue weighted by molar-refractivity contribution is 7.12. The van der Waals surface area contributed by atoms with E-state index in [9.17, 15) is 9.90 Å². The van der Waals surface area contributed by atoms with E-state index in [0.29, 0.717) is 6.54 Å². The molecule has 2 fully saturated rings. The lowest BCUT2D eigenvalue weighted by atomic mass is 9.71. The van der Waals surface area contributed by atoms with Crippen LogP contribution in [0.5, 0.6) is 0 Å². The first-order valence-electron chi connectivity index (χ1n) is 6.89. The third-order valence-corrected chi connectivity index (χ3v) is 5.51. The zero-order valence-electron chi connectivity index (χ0n) is 11.0. The molecule has 3 rings (SSSR count). The van der Waals surface area contributed by atoms with Crippen LogP contribution in [-0.4, -0.2) is 48.7 Å². The molecular formula is C14H20N2O2S. The Morgan fingerprint density at radius 3 is 2.95 bits per heavy atom. The number of nitrogens with one attached hydrogen (secondary N) is 1. The Morgan fingerprint density at radius 1 is 1.53 bits per heavy atom. The molecule has 19 heavy (non-hydrogen) atoms. The van der Waals surface area contributed by atoms with Crippen molar-refractivity contribution in [2.75, 3.05) is 32.8 Å². The molecule has 4 nitrogen and oxygen atoms in total. The number of thiophene rings is 1. The van der Waals surface area contributed by atoms with Crippen molar-refractivity contribution in [1.82, 2.24) is 10.2 Å². The van der Waals surface area contributed by atoms with Crippen molar-refractivity contribution in [2.24, 2.45) is 11.3 Å². The van der Waals surface area contributed by atoms with E-state index in [4.69, 9.17) is 0 Å². The van der Waals surface area contributed by atoms with Crippen LogP contribution in [-0.2, 0) is 0 Å². The number of carbonyl (C=O) groups is 1. The Labute approximate surface area is 117 Å². The van der Waals surface area contributed by atoms with E-state index in [-0.39, 0.29) is 23.8 Å². The molecule has 2 aliphatic heterocycles. The smallest absolute Gasteiger partial charge is 0.263 e. The maximum Gasteiger partial charge on any atom is 0.263 e. The van der Waals surface area contributed by atoms with Crippen molar-refractivity contribution in [1.29, 1.82) is 0 Å². The second-order valence-electron chi connectivity index (χ2n) is 5.65. The molecule has 2 aliphatic rings.